The molecule has 1 N–H and O–H groups in total. The topological polar surface area (TPSA) is 42.7 Å². The zero-order chi connectivity index (χ0) is 20.7. The van der Waals surface area contributed by atoms with Crippen LogP contribution in [0.4, 0.5) is 10.3 Å². The van der Waals surface area contributed by atoms with Crippen LogP contribution in [-0.2, 0) is 0 Å². The van der Waals surface area contributed by atoms with E-state index in [0.717, 1.165) is 22.4 Å². The smallest absolute Gasteiger partial charge is 0.227 e. The third-order valence-corrected chi connectivity index (χ3v) is 5.44. The molecule has 1 atom stereocenters. The Balaban J connectivity index is 1.61. The molecule has 0 saturated heterocycles. The third-order valence-electron chi connectivity index (χ3n) is 4.93. The van der Waals surface area contributed by atoms with Crippen molar-refractivity contribution in [2.75, 3.05) is 5.32 Å². The van der Waals surface area contributed by atoms with E-state index in [0.29, 0.717) is 21.8 Å². The molecule has 0 fully saturated rings. The van der Waals surface area contributed by atoms with Crippen molar-refractivity contribution < 1.29 is 4.39 Å². The summed E-state index contributed by atoms with van der Waals surface area (Å²) in [6.07, 6.45) is 2.05. The molecule has 0 radical (unpaired) electrons. The minimum Gasteiger partial charge on any atom is -0.324 e. The Morgan fingerprint density at radius 3 is 2.07 bits per heavy atom. The van der Waals surface area contributed by atoms with Gasteiger partial charge in [-0.05, 0) is 77.9 Å². The predicted octanol–water partition coefficient (Wildman–Crippen LogP) is 6.45. The van der Waals surface area contributed by atoms with Gasteiger partial charge in [0.15, 0.2) is 5.82 Å². The van der Waals surface area contributed by atoms with Crippen LogP contribution in [0.1, 0.15) is 17.2 Å². The number of hydrogen-bond acceptors (Lipinski definition) is 3. The Hall–Kier alpha value is -3.15. The van der Waals surface area contributed by atoms with E-state index < -0.39 is 0 Å². The molecule has 148 valence electrons. The summed E-state index contributed by atoms with van der Waals surface area (Å²) in [6.45, 7) is 0. The summed E-state index contributed by atoms with van der Waals surface area (Å²) < 4.78 is 15.2. The summed E-state index contributed by atoms with van der Waals surface area (Å²) in [5.41, 5.74) is 3.56. The lowest BCUT2D eigenvalue weighted by Crippen LogP contribution is -2.20. The van der Waals surface area contributed by atoms with Crippen LogP contribution in [0.3, 0.4) is 0 Å². The van der Waals surface area contributed by atoms with E-state index in [2.05, 4.69) is 5.32 Å². The highest BCUT2D eigenvalue weighted by Crippen LogP contribution is 2.34. The molecule has 1 aliphatic heterocycles. The van der Waals surface area contributed by atoms with Crippen LogP contribution >= 0.6 is 23.2 Å². The van der Waals surface area contributed by atoms with E-state index in [1.807, 2.05) is 59.3 Å². The fourth-order valence-corrected chi connectivity index (χ4v) is 3.66. The largest absolute Gasteiger partial charge is 0.324 e. The molecule has 30 heavy (non-hydrogen) atoms. The van der Waals surface area contributed by atoms with Crippen LogP contribution in [0, 0.1) is 5.82 Å². The van der Waals surface area contributed by atoms with Gasteiger partial charge in [0.05, 0.1) is 0 Å². The molecule has 1 aliphatic rings. The summed E-state index contributed by atoms with van der Waals surface area (Å²) in [6, 6.07) is 21.2. The minimum absolute atomic E-state index is 0.202. The number of rotatable bonds is 3. The van der Waals surface area contributed by atoms with Crippen LogP contribution < -0.4 is 5.32 Å². The molecule has 0 spiro atoms. The molecule has 1 aromatic heterocycles. The van der Waals surface area contributed by atoms with Gasteiger partial charge in [0.1, 0.15) is 11.9 Å². The maximum Gasteiger partial charge on any atom is 0.227 e. The van der Waals surface area contributed by atoms with E-state index in [-0.39, 0.29) is 11.9 Å². The third kappa shape index (κ3) is 3.58. The number of nitrogens with zero attached hydrogens (tertiary/aromatic N) is 3. The molecule has 0 saturated carbocycles. The molecule has 7 heteroatoms. The zero-order valence-corrected chi connectivity index (χ0v) is 17.1. The van der Waals surface area contributed by atoms with Crippen LogP contribution in [0.25, 0.3) is 17.1 Å². The van der Waals surface area contributed by atoms with Gasteiger partial charge in [0, 0.05) is 21.3 Å². The maximum atomic E-state index is 13.4. The zero-order valence-electron chi connectivity index (χ0n) is 15.6. The molecule has 0 aliphatic carbocycles. The first-order chi connectivity index (χ1) is 14.6. The lowest BCUT2D eigenvalue weighted by atomic mass is 10.0. The Kier molecular flexibility index (Phi) is 4.77. The lowest BCUT2D eigenvalue weighted by molar-refractivity contribution is 0.613. The van der Waals surface area contributed by atoms with Crippen LogP contribution in [-0.4, -0.2) is 14.8 Å². The number of halogens is 3. The van der Waals surface area contributed by atoms with Crippen molar-refractivity contribution in [2.24, 2.45) is 0 Å². The molecular formula is C23H15Cl2FN4. The predicted molar refractivity (Wildman–Crippen MR) is 118 cm³/mol. The van der Waals surface area contributed by atoms with Gasteiger partial charge in [-0.15, -0.1) is 5.10 Å². The second kappa shape index (κ2) is 7.59. The van der Waals surface area contributed by atoms with E-state index in [1.54, 1.807) is 12.1 Å². The Morgan fingerprint density at radius 2 is 1.40 bits per heavy atom. The van der Waals surface area contributed by atoms with Gasteiger partial charge in [-0.3, -0.25) is 0 Å². The molecule has 0 bridgehead atoms. The highest BCUT2D eigenvalue weighted by Gasteiger charge is 2.25. The minimum atomic E-state index is -0.280. The molecule has 3 aromatic carbocycles. The van der Waals surface area contributed by atoms with Crippen molar-refractivity contribution in [2.45, 2.75) is 6.04 Å². The first-order valence-corrected chi connectivity index (χ1v) is 10.1. The fourth-order valence-electron chi connectivity index (χ4n) is 3.41. The lowest BCUT2D eigenvalue weighted by Gasteiger charge is -2.24. The van der Waals surface area contributed by atoms with E-state index in [4.69, 9.17) is 33.3 Å². The summed E-state index contributed by atoms with van der Waals surface area (Å²) >= 11 is 12.1. The number of nitrogens with one attached hydrogen (secondary N) is 1. The summed E-state index contributed by atoms with van der Waals surface area (Å²) in [7, 11) is 0. The standard InChI is InChI=1S/C23H15Cl2FN4/c24-17-7-1-15(2-8-17)21-13-20(14-5-11-19(26)12-6-14)27-23-28-22(29-30(21)23)16-3-9-18(25)10-4-16/h1-13,21H,(H,27,28,29)/t21-/m0/s1. The number of hydrogen-bond donors (Lipinski definition) is 1. The monoisotopic (exact) mass is 436 g/mol. The highest BCUT2D eigenvalue weighted by molar-refractivity contribution is 6.30. The van der Waals surface area contributed by atoms with Crippen molar-refractivity contribution in [1.82, 2.24) is 14.8 Å². The Morgan fingerprint density at radius 1 is 0.800 bits per heavy atom. The number of aromatic nitrogens is 3. The highest BCUT2D eigenvalue weighted by atomic mass is 35.5. The second-order valence-corrected chi connectivity index (χ2v) is 7.79. The van der Waals surface area contributed by atoms with Crippen molar-refractivity contribution in [3.8, 4) is 11.4 Å². The van der Waals surface area contributed by atoms with Crippen molar-refractivity contribution in [1.29, 1.82) is 0 Å². The molecule has 0 unspecified atom stereocenters. The van der Waals surface area contributed by atoms with Gasteiger partial charge in [-0.2, -0.15) is 4.98 Å². The number of benzene rings is 3. The molecule has 4 aromatic rings. The first kappa shape index (κ1) is 18.9. The van der Waals surface area contributed by atoms with Gasteiger partial charge >= 0.3 is 0 Å². The van der Waals surface area contributed by atoms with Gasteiger partial charge in [0.25, 0.3) is 0 Å². The first-order valence-electron chi connectivity index (χ1n) is 9.29. The summed E-state index contributed by atoms with van der Waals surface area (Å²) in [4.78, 5) is 4.69. The Labute approximate surface area is 182 Å². The second-order valence-electron chi connectivity index (χ2n) is 6.92. The fraction of sp³-hybridized carbons (Fsp3) is 0.0435. The van der Waals surface area contributed by atoms with E-state index in [9.17, 15) is 4.39 Å². The average molecular weight is 437 g/mol. The molecule has 5 rings (SSSR count). The van der Waals surface area contributed by atoms with E-state index in [1.165, 1.54) is 12.1 Å². The van der Waals surface area contributed by atoms with Crippen LogP contribution in [0.15, 0.2) is 78.9 Å². The summed E-state index contributed by atoms with van der Waals surface area (Å²) in [5, 5.41) is 9.37. The SMILES string of the molecule is Fc1ccc(C2=C[C@@H](c3ccc(Cl)cc3)n3nc(-c4ccc(Cl)cc4)nc3N2)cc1. The quantitative estimate of drug-likeness (QED) is 0.401. The summed E-state index contributed by atoms with van der Waals surface area (Å²) in [5.74, 6) is 0.904. The van der Waals surface area contributed by atoms with Crippen LogP contribution in [0.2, 0.25) is 10.0 Å². The van der Waals surface area contributed by atoms with Gasteiger partial charge in [0.2, 0.25) is 5.95 Å². The van der Waals surface area contributed by atoms with Crippen molar-refractivity contribution in [3.05, 3.63) is 106 Å². The van der Waals surface area contributed by atoms with Crippen LogP contribution in [0.5, 0.6) is 0 Å². The van der Waals surface area contributed by atoms with Gasteiger partial charge in [-0.1, -0.05) is 35.3 Å². The molecule has 4 nitrogen and oxygen atoms in total. The van der Waals surface area contributed by atoms with Crippen molar-refractivity contribution in [3.63, 3.8) is 0 Å². The maximum absolute atomic E-state index is 13.4. The molecular weight excluding hydrogens is 422 g/mol. The van der Waals surface area contributed by atoms with E-state index >= 15 is 0 Å². The average Bonchev–Trinajstić information content (AvgIpc) is 3.19. The van der Waals surface area contributed by atoms with Gasteiger partial charge in [-0.25, -0.2) is 9.07 Å². The number of fused-ring (bicyclic) bond motifs is 1. The number of allylic oxidation sites excluding steroid dienone is 1. The molecule has 0 amide bonds. The number of anilines is 1. The Bertz CT molecular complexity index is 1230. The van der Waals surface area contributed by atoms with Crippen molar-refractivity contribution >= 4 is 34.8 Å². The van der Waals surface area contributed by atoms with Gasteiger partial charge < -0.3 is 5.32 Å². The molecule has 2 heterocycles. The normalized spacial score (nSPS) is 15.3.